The fourth-order valence-electron chi connectivity index (χ4n) is 3.17. The van der Waals surface area contributed by atoms with Gasteiger partial charge in [0.2, 0.25) is 0 Å². The molecule has 1 unspecified atom stereocenters. The summed E-state index contributed by atoms with van der Waals surface area (Å²) in [4.78, 5) is 2.42. The van der Waals surface area contributed by atoms with E-state index in [1.54, 1.807) is 0 Å². The van der Waals surface area contributed by atoms with Gasteiger partial charge in [0.15, 0.2) is 0 Å². The summed E-state index contributed by atoms with van der Waals surface area (Å²) in [5.74, 6) is 0.773. The van der Waals surface area contributed by atoms with Crippen LogP contribution in [0.4, 0.5) is 0 Å². The number of hydrogen-bond acceptors (Lipinski definition) is 2. The van der Waals surface area contributed by atoms with Crippen LogP contribution in [-0.4, -0.2) is 37.1 Å². The molecule has 1 saturated carbocycles. The highest BCUT2D eigenvalue weighted by Crippen LogP contribution is 2.37. The van der Waals surface area contributed by atoms with Crippen LogP contribution < -0.4 is 5.32 Å². The number of nitrogens with zero attached hydrogens (tertiary/aromatic N) is 1. The predicted molar refractivity (Wildman–Crippen MR) is 78.9 cm³/mol. The molecule has 2 aliphatic rings. The monoisotopic (exact) mass is 308 g/mol. The second kappa shape index (κ2) is 5.32. The van der Waals surface area contributed by atoms with Crippen LogP contribution in [0.25, 0.3) is 0 Å². The molecule has 1 aliphatic carbocycles. The molecule has 0 amide bonds. The third-order valence-corrected chi connectivity index (χ3v) is 4.87. The van der Waals surface area contributed by atoms with Gasteiger partial charge in [-0.3, -0.25) is 0 Å². The Kier molecular flexibility index (Phi) is 3.73. The van der Waals surface area contributed by atoms with Crippen molar-refractivity contribution in [3.8, 4) is 0 Å². The molecule has 2 nitrogen and oxygen atoms in total. The molecule has 2 fully saturated rings. The second-order valence-corrected chi connectivity index (χ2v) is 6.75. The highest BCUT2D eigenvalue weighted by molar-refractivity contribution is 9.10. The average Bonchev–Trinajstić information content (AvgIpc) is 2.71. The van der Waals surface area contributed by atoms with Crippen molar-refractivity contribution in [1.82, 2.24) is 10.2 Å². The van der Waals surface area contributed by atoms with Gasteiger partial charge in [0, 0.05) is 23.1 Å². The summed E-state index contributed by atoms with van der Waals surface area (Å²) in [6, 6.07) is 10.3. The van der Waals surface area contributed by atoms with Crippen LogP contribution in [0.15, 0.2) is 28.7 Å². The molecule has 0 spiro atoms. The topological polar surface area (TPSA) is 15.3 Å². The van der Waals surface area contributed by atoms with Gasteiger partial charge in [-0.1, -0.05) is 28.1 Å². The van der Waals surface area contributed by atoms with E-state index in [1.165, 1.54) is 42.4 Å². The highest BCUT2D eigenvalue weighted by atomic mass is 79.9. The maximum Gasteiger partial charge on any atom is 0.0209 e. The number of halogens is 1. The van der Waals surface area contributed by atoms with Crippen molar-refractivity contribution < 1.29 is 0 Å². The fourth-order valence-corrected chi connectivity index (χ4v) is 3.43. The zero-order valence-corrected chi connectivity index (χ0v) is 12.5. The van der Waals surface area contributed by atoms with Crippen LogP contribution in [0.5, 0.6) is 0 Å². The van der Waals surface area contributed by atoms with Crippen LogP contribution >= 0.6 is 15.9 Å². The first-order chi connectivity index (χ1) is 8.70. The van der Waals surface area contributed by atoms with E-state index in [2.05, 4.69) is 57.5 Å². The van der Waals surface area contributed by atoms with E-state index in [0.717, 1.165) is 18.0 Å². The van der Waals surface area contributed by atoms with Gasteiger partial charge in [0.05, 0.1) is 0 Å². The predicted octanol–water partition coefficient (Wildman–Crippen LogP) is 2.99. The van der Waals surface area contributed by atoms with Gasteiger partial charge >= 0.3 is 0 Å². The Morgan fingerprint density at radius 1 is 1.17 bits per heavy atom. The van der Waals surface area contributed by atoms with Gasteiger partial charge in [-0.2, -0.15) is 0 Å². The van der Waals surface area contributed by atoms with Crippen molar-refractivity contribution in [3.63, 3.8) is 0 Å². The first-order valence-electron chi connectivity index (χ1n) is 6.91. The molecular weight excluding hydrogens is 288 g/mol. The molecule has 1 N–H and O–H groups in total. The normalized spacial score (nSPS) is 32.4. The molecule has 0 bridgehead atoms. The van der Waals surface area contributed by atoms with Crippen LogP contribution in [-0.2, 0) is 0 Å². The second-order valence-electron chi connectivity index (χ2n) is 5.83. The highest BCUT2D eigenvalue weighted by Gasteiger charge is 2.32. The Bertz CT molecular complexity index is 397. The zero-order valence-electron chi connectivity index (χ0n) is 10.9. The Balaban J connectivity index is 1.47. The van der Waals surface area contributed by atoms with Crippen molar-refractivity contribution in [2.75, 3.05) is 20.1 Å². The maximum absolute atomic E-state index is 3.81. The summed E-state index contributed by atoms with van der Waals surface area (Å²) in [5, 5.41) is 3.81. The molecule has 0 radical (unpaired) electrons. The van der Waals surface area contributed by atoms with Gasteiger partial charge in [0.1, 0.15) is 0 Å². The minimum absolute atomic E-state index is 0.728. The Morgan fingerprint density at radius 3 is 2.50 bits per heavy atom. The maximum atomic E-state index is 3.81. The molecule has 1 aliphatic heterocycles. The van der Waals surface area contributed by atoms with Crippen LogP contribution in [0.3, 0.4) is 0 Å². The average molecular weight is 309 g/mol. The Morgan fingerprint density at radius 2 is 1.89 bits per heavy atom. The number of nitrogens with one attached hydrogen (secondary N) is 1. The van der Waals surface area contributed by atoms with Crippen LogP contribution in [0.2, 0.25) is 0 Å². The molecule has 3 rings (SSSR count). The number of rotatable bonds is 3. The third kappa shape index (κ3) is 2.79. The minimum Gasteiger partial charge on any atom is -0.310 e. The number of likely N-dealkylation sites (N-methyl/N-ethyl adjacent to an activating group) is 1. The molecule has 1 aromatic carbocycles. The molecule has 1 saturated heterocycles. The zero-order chi connectivity index (χ0) is 12.5. The van der Waals surface area contributed by atoms with E-state index in [0.29, 0.717) is 0 Å². The first kappa shape index (κ1) is 12.6. The Hall–Kier alpha value is -0.380. The van der Waals surface area contributed by atoms with Gasteiger partial charge in [0.25, 0.3) is 0 Å². The van der Waals surface area contributed by atoms with Gasteiger partial charge in [-0.05, 0) is 56.5 Å². The number of likely N-dealkylation sites (tertiary alicyclic amines) is 1. The van der Waals surface area contributed by atoms with Gasteiger partial charge < -0.3 is 10.2 Å². The molecule has 18 heavy (non-hydrogen) atoms. The van der Waals surface area contributed by atoms with E-state index >= 15 is 0 Å². The van der Waals surface area contributed by atoms with Gasteiger partial charge in [-0.15, -0.1) is 0 Å². The van der Waals surface area contributed by atoms with E-state index in [4.69, 9.17) is 0 Å². The lowest BCUT2D eigenvalue weighted by Gasteiger charge is -2.38. The number of hydrogen-bond donors (Lipinski definition) is 1. The molecule has 98 valence electrons. The van der Waals surface area contributed by atoms with Crippen molar-refractivity contribution in [2.45, 2.75) is 37.3 Å². The first-order valence-corrected chi connectivity index (χ1v) is 7.70. The SMILES string of the molecule is CN1CCC(NC2CC(c3ccc(Br)cc3)C2)C1. The molecule has 1 aromatic rings. The van der Waals surface area contributed by atoms with Crippen LogP contribution in [0.1, 0.15) is 30.7 Å². The summed E-state index contributed by atoms with van der Waals surface area (Å²) >= 11 is 3.49. The summed E-state index contributed by atoms with van der Waals surface area (Å²) in [7, 11) is 2.22. The van der Waals surface area contributed by atoms with Crippen molar-refractivity contribution in [2.24, 2.45) is 0 Å². The minimum atomic E-state index is 0.728. The lowest BCUT2D eigenvalue weighted by molar-refractivity contribution is 0.263. The lowest BCUT2D eigenvalue weighted by Crippen LogP contribution is -2.46. The largest absolute Gasteiger partial charge is 0.310 e. The van der Waals surface area contributed by atoms with Crippen LogP contribution in [0, 0.1) is 0 Å². The van der Waals surface area contributed by atoms with Crippen molar-refractivity contribution in [1.29, 1.82) is 0 Å². The molecule has 0 aromatic heterocycles. The standard InChI is InChI=1S/C15H21BrN2/c1-18-7-6-14(10-18)17-15-8-12(9-15)11-2-4-13(16)5-3-11/h2-5,12,14-15,17H,6-10H2,1H3. The Labute approximate surface area is 118 Å². The van der Waals surface area contributed by atoms with Crippen molar-refractivity contribution >= 4 is 15.9 Å². The fraction of sp³-hybridized carbons (Fsp3) is 0.600. The van der Waals surface area contributed by atoms with E-state index in [9.17, 15) is 0 Å². The smallest absolute Gasteiger partial charge is 0.0209 e. The molecule has 3 heteroatoms. The van der Waals surface area contributed by atoms with E-state index < -0.39 is 0 Å². The third-order valence-electron chi connectivity index (χ3n) is 4.34. The summed E-state index contributed by atoms with van der Waals surface area (Å²) in [5.41, 5.74) is 1.50. The quantitative estimate of drug-likeness (QED) is 0.923. The van der Waals surface area contributed by atoms with E-state index in [-0.39, 0.29) is 0 Å². The van der Waals surface area contributed by atoms with Crippen molar-refractivity contribution in [3.05, 3.63) is 34.3 Å². The molecule has 1 atom stereocenters. The van der Waals surface area contributed by atoms with E-state index in [1.807, 2.05) is 0 Å². The summed E-state index contributed by atoms with van der Waals surface area (Å²) in [6.07, 6.45) is 3.93. The molecule has 1 heterocycles. The molecular formula is C15H21BrN2. The lowest BCUT2D eigenvalue weighted by atomic mass is 9.75. The number of benzene rings is 1. The summed E-state index contributed by atoms with van der Waals surface area (Å²) < 4.78 is 1.18. The van der Waals surface area contributed by atoms with Gasteiger partial charge in [-0.25, -0.2) is 0 Å². The summed E-state index contributed by atoms with van der Waals surface area (Å²) in [6.45, 7) is 2.47.